The molecule has 2 heterocycles. The molecule has 0 spiro atoms. The van der Waals surface area contributed by atoms with E-state index in [0.717, 1.165) is 3.57 Å². The summed E-state index contributed by atoms with van der Waals surface area (Å²) in [5, 5.41) is 19.0. The van der Waals surface area contributed by atoms with Gasteiger partial charge in [-0.15, -0.1) is 0 Å². The van der Waals surface area contributed by atoms with E-state index >= 15 is 0 Å². The summed E-state index contributed by atoms with van der Waals surface area (Å²) in [5.41, 5.74) is 0.517. The van der Waals surface area contributed by atoms with E-state index < -0.39 is 29.9 Å². The van der Waals surface area contributed by atoms with Gasteiger partial charge in [0, 0.05) is 48.3 Å². The molecule has 0 bridgehead atoms. The number of nitrogens with zero attached hydrogens (tertiary/aromatic N) is 4. The molecule has 1 unspecified atom stereocenters. The van der Waals surface area contributed by atoms with Gasteiger partial charge >= 0.3 is 12.1 Å². The van der Waals surface area contributed by atoms with E-state index in [1.807, 2.05) is 26.0 Å². The van der Waals surface area contributed by atoms with E-state index in [-0.39, 0.29) is 75.8 Å². The minimum absolute atomic E-state index is 0.0872. The molecule has 15 heteroatoms. The standard InChI is InChI=1S/C27H35IN6O8/c1-4-41-27(40)33-13-11-32(12-14-33)26(39)19(9-10-24(36)37)30-25(38)20-15-23(42-16-22(35)29-17(2)3)34(31-20)21-8-6-5-7-18(21)28/h5-8,15,17,19H,4,9-14,16H2,1-3H3,(H,29,35)(H,30,38)(H,36,37). The number of aromatic nitrogens is 2. The average molecular weight is 699 g/mol. The van der Waals surface area contributed by atoms with Crippen molar-refractivity contribution >= 4 is 52.4 Å². The van der Waals surface area contributed by atoms with Crippen molar-refractivity contribution in [3.05, 3.63) is 39.6 Å². The summed E-state index contributed by atoms with van der Waals surface area (Å²) < 4.78 is 12.9. The van der Waals surface area contributed by atoms with Crippen LogP contribution in [-0.2, 0) is 19.1 Å². The van der Waals surface area contributed by atoms with Crippen molar-refractivity contribution in [2.75, 3.05) is 39.4 Å². The van der Waals surface area contributed by atoms with Gasteiger partial charge in [0.15, 0.2) is 12.3 Å². The van der Waals surface area contributed by atoms with Gasteiger partial charge < -0.3 is 35.0 Å². The Morgan fingerprint density at radius 2 is 1.71 bits per heavy atom. The Morgan fingerprint density at radius 1 is 1.05 bits per heavy atom. The van der Waals surface area contributed by atoms with Gasteiger partial charge in [-0.05, 0) is 61.9 Å². The topological polar surface area (TPSA) is 172 Å². The third-order valence-corrected chi connectivity index (χ3v) is 7.07. The Morgan fingerprint density at radius 3 is 2.33 bits per heavy atom. The fourth-order valence-corrected chi connectivity index (χ4v) is 4.79. The van der Waals surface area contributed by atoms with Crippen LogP contribution in [-0.4, -0.2) is 106 Å². The van der Waals surface area contributed by atoms with E-state index in [0.29, 0.717) is 5.69 Å². The lowest BCUT2D eigenvalue weighted by molar-refractivity contribution is -0.138. The highest BCUT2D eigenvalue weighted by Crippen LogP contribution is 2.24. The molecule has 2 aromatic rings. The molecule has 1 aromatic heterocycles. The van der Waals surface area contributed by atoms with Crippen LogP contribution in [0.3, 0.4) is 0 Å². The first-order chi connectivity index (χ1) is 20.0. The molecule has 228 valence electrons. The van der Waals surface area contributed by atoms with Crippen LogP contribution in [0, 0.1) is 3.57 Å². The zero-order valence-corrected chi connectivity index (χ0v) is 25.8. The molecule has 1 aliphatic heterocycles. The van der Waals surface area contributed by atoms with Gasteiger partial charge in [-0.25, -0.2) is 4.79 Å². The number of nitrogens with one attached hydrogen (secondary N) is 2. The monoisotopic (exact) mass is 698 g/mol. The lowest BCUT2D eigenvalue weighted by atomic mass is 10.1. The van der Waals surface area contributed by atoms with Gasteiger partial charge in [-0.2, -0.15) is 9.78 Å². The molecule has 1 aromatic carbocycles. The van der Waals surface area contributed by atoms with Crippen LogP contribution in [0.25, 0.3) is 5.69 Å². The molecule has 14 nitrogen and oxygen atoms in total. The number of ether oxygens (including phenoxy) is 2. The second-order valence-corrected chi connectivity index (χ2v) is 10.9. The molecule has 0 saturated carbocycles. The van der Waals surface area contributed by atoms with Gasteiger partial charge in [0.2, 0.25) is 11.8 Å². The predicted molar refractivity (Wildman–Crippen MR) is 158 cm³/mol. The molecule has 1 fully saturated rings. The Kier molecular flexibility index (Phi) is 11.9. The smallest absolute Gasteiger partial charge is 0.409 e. The van der Waals surface area contributed by atoms with Crippen LogP contribution in [0.4, 0.5) is 4.79 Å². The number of para-hydroxylation sites is 1. The summed E-state index contributed by atoms with van der Waals surface area (Å²) in [6.07, 6.45) is -0.965. The van der Waals surface area contributed by atoms with Crippen molar-refractivity contribution in [2.45, 2.75) is 45.7 Å². The largest absolute Gasteiger partial charge is 0.481 e. The van der Waals surface area contributed by atoms with E-state index in [4.69, 9.17) is 9.47 Å². The maximum absolute atomic E-state index is 13.4. The van der Waals surface area contributed by atoms with Crippen molar-refractivity contribution in [3.63, 3.8) is 0 Å². The second kappa shape index (κ2) is 15.4. The molecular formula is C27H35IN6O8. The van der Waals surface area contributed by atoms with Gasteiger partial charge in [0.25, 0.3) is 11.8 Å². The quantitative estimate of drug-likeness (QED) is 0.279. The number of halogens is 1. The highest BCUT2D eigenvalue weighted by molar-refractivity contribution is 14.1. The summed E-state index contributed by atoms with van der Waals surface area (Å²) >= 11 is 2.11. The van der Waals surface area contributed by atoms with Crippen LogP contribution < -0.4 is 15.4 Å². The number of carboxylic acid groups (broad SMARTS) is 1. The summed E-state index contributed by atoms with van der Waals surface area (Å²) in [5.74, 6) is -2.52. The normalized spacial score (nSPS) is 13.8. The number of aliphatic carboxylic acids is 1. The molecule has 1 atom stereocenters. The number of carboxylic acids is 1. The van der Waals surface area contributed by atoms with Gasteiger partial charge in [0.1, 0.15) is 6.04 Å². The van der Waals surface area contributed by atoms with E-state index in [2.05, 4.69) is 38.3 Å². The maximum Gasteiger partial charge on any atom is 0.409 e. The number of carbonyl (C=O) groups excluding carboxylic acids is 4. The van der Waals surface area contributed by atoms with Crippen LogP contribution in [0.2, 0.25) is 0 Å². The summed E-state index contributed by atoms with van der Waals surface area (Å²) in [6, 6.07) is 7.36. The first kappa shape index (κ1) is 32.6. The predicted octanol–water partition coefficient (Wildman–Crippen LogP) is 1.64. The SMILES string of the molecule is CCOC(=O)N1CCN(C(=O)C(CCC(=O)O)NC(=O)c2cc(OCC(=O)NC(C)C)n(-c3ccccc3I)n2)CC1. The highest BCUT2D eigenvalue weighted by atomic mass is 127. The fourth-order valence-electron chi connectivity index (χ4n) is 4.18. The molecule has 0 aliphatic carbocycles. The Hall–Kier alpha value is -3.89. The van der Waals surface area contributed by atoms with Crippen molar-refractivity contribution in [3.8, 4) is 11.6 Å². The maximum atomic E-state index is 13.4. The Labute approximate surface area is 256 Å². The first-order valence-corrected chi connectivity index (χ1v) is 14.6. The lowest BCUT2D eigenvalue weighted by Crippen LogP contribution is -2.56. The van der Waals surface area contributed by atoms with Crippen LogP contribution in [0.5, 0.6) is 5.88 Å². The lowest BCUT2D eigenvalue weighted by Gasteiger charge is -2.35. The molecular weight excluding hydrogens is 663 g/mol. The average Bonchev–Trinajstić information content (AvgIpc) is 3.38. The van der Waals surface area contributed by atoms with Crippen molar-refractivity contribution < 1.29 is 38.6 Å². The zero-order valence-electron chi connectivity index (χ0n) is 23.7. The zero-order chi connectivity index (χ0) is 30.8. The molecule has 0 radical (unpaired) electrons. The molecule has 3 N–H and O–H groups in total. The van der Waals surface area contributed by atoms with E-state index in [9.17, 15) is 29.1 Å². The molecule has 4 amide bonds. The van der Waals surface area contributed by atoms with Gasteiger partial charge in [0.05, 0.1) is 12.3 Å². The summed E-state index contributed by atoms with van der Waals surface area (Å²) in [4.78, 5) is 65.2. The third-order valence-electron chi connectivity index (χ3n) is 6.16. The number of rotatable bonds is 12. The fraction of sp³-hybridized carbons (Fsp3) is 0.481. The number of hydrogen-bond acceptors (Lipinski definition) is 8. The van der Waals surface area contributed by atoms with Gasteiger partial charge in [-0.1, -0.05) is 12.1 Å². The molecule has 42 heavy (non-hydrogen) atoms. The van der Waals surface area contributed by atoms with Crippen LogP contribution >= 0.6 is 22.6 Å². The third kappa shape index (κ3) is 9.06. The number of carbonyl (C=O) groups is 5. The highest BCUT2D eigenvalue weighted by Gasteiger charge is 2.31. The number of amides is 4. The summed E-state index contributed by atoms with van der Waals surface area (Å²) in [6.45, 7) is 6.16. The van der Waals surface area contributed by atoms with Gasteiger partial charge in [-0.3, -0.25) is 19.2 Å². The molecule has 1 aliphatic rings. The molecule has 1 saturated heterocycles. The van der Waals surface area contributed by atoms with E-state index in [1.165, 1.54) is 20.5 Å². The number of piperazine rings is 1. The summed E-state index contributed by atoms with van der Waals surface area (Å²) in [7, 11) is 0. The minimum atomic E-state index is -1.15. The van der Waals surface area contributed by atoms with E-state index in [1.54, 1.807) is 19.1 Å². The van der Waals surface area contributed by atoms with Crippen molar-refractivity contribution in [2.24, 2.45) is 0 Å². The van der Waals surface area contributed by atoms with Crippen molar-refractivity contribution in [1.82, 2.24) is 30.2 Å². The number of hydrogen-bond donors (Lipinski definition) is 3. The minimum Gasteiger partial charge on any atom is -0.481 e. The second-order valence-electron chi connectivity index (χ2n) is 9.71. The Balaban J connectivity index is 1.80. The first-order valence-electron chi connectivity index (χ1n) is 13.5. The number of benzene rings is 1. The van der Waals surface area contributed by atoms with Crippen LogP contribution in [0.1, 0.15) is 44.1 Å². The van der Waals surface area contributed by atoms with Crippen LogP contribution in [0.15, 0.2) is 30.3 Å². The Bertz CT molecular complexity index is 1290. The van der Waals surface area contributed by atoms with Crippen molar-refractivity contribution in [1.29, 1.82) is 0 Å². The molecule has 3 rings (SSSR count).